The van der Waals surface area contributed by atoms with Gasteiger partial charge in [-0.15, -0.1) is 11.8 Å². The Balaban J connectivity index is 1.39. The Labute approximate surface area is 146 Å². The normalized spacial score (nSPS) is 31.9. The molecule has 3 aliphatic heterocycles. The summed E-state index contributed by atoms with van der Waals surface area (Å²) in [6.45, 7) is 5.73. The van der Waals surface area contributed by atoms with Crippen molar-refractivity contribution in [3.8, 4) is 0 Å². The lowest BCUT2D eigenvalue weighted by molar-refractivity contribution is -0.148. The van der Waals surface area contributed by atoms with E-state index in [2.05, 4.69) is 28.3 Å². The highest BCUT2D eigenvalue weighted by molar-refractivity contribution is 8.00. The third-order valence-electron chi connectivity index (χ3n) is 4.35. The molecule has 0 amide bonds. The topological polar surface area (TPSA) is 24.9 Å². The van der Waals surface area contributed by atoms with Gasteiger partial charge >= 0.3 is 0 Å². The van der Waals surface area contributed by atoms with Crippen molar-refractivity contribution in [3.05, 3.63) is 47.3 Å². The Morgan fingerprint density at radius 3 is 3.00 bits per heavy atom. The quantitative estimate of drug-likeness (QED) is 0.829. The van der Waals surface area contributed by atoms with E-state index in [9.17, 15) is 0 Å². The van der Waals surface area contributed by atoms with Gasteiger partial charge in [0, 0.05) is 29.7 Å². The Morgan fingerprint density at radius 1 is 1.30 bits per heavy atom. The molecule has 0 saturated carbocycles. The van der Waals surface area contributed by atoms with Crippen LogP contribution in [0.25, 0.3) is 0 Å². The first-order valence-electron chi connectivity index (χ1n) is 7.90. The highest BCUT2D eigenvalue weighted by Crippen LogP contribution is 2.43. The molecule has 3 heterocycles. The fraction of sp³-hybridized carbons (Fsp3) is 0.529. The van der Waals surface area contributed by atoms with Crippen molar-refractivity contribution < 1.29 is 9.47 Å². The molecule has 2 saturated heterocycles. The fourth-order valence-corrected chi connectivity index (χ4v) is 5.03. The average Bonchev–Trinajstić information content (AvgIpc) is 3.12. The third kappa shape index (κ3) is 3.20. The maximum atomic E-state index is 6.11. The summed E-state index contributed by atoms with van der Waals surface area (Å²) in [5.74, 6) is 0.538. The predicted octanol–water partition coefficient (Wildman–Crippen LogP) is 3.48. The Morgan fingerprint density at radius 2 is 2.17 bits per heavy atom. The SMILES string of the molecule is CC1(C)O[C@@H]2[C@@H](CS[C@@H]2N2C=CN(Cc3cccc(Cl)c3)C2)O1. The van der Waals surface area contributed by atoms with Gasteiger partial charge < -0.3 is 19.3 Å². The van der Waals surface area contributed by atoms with Gasteiger partial charge in [-0.25, -0.2) is 0 Å². The first-order chi connectivity index (χ1) is 11.0. The van der Waals surface area contributed by atoms with Crippen LogP contribution in [0.15, 0.2) is 36.7 Å². The molecule has 1 aromatic carbocycles. The molecule has 0 unspecified atom stereocenters. The van der Waals surface area contributed by atoms with Gasteiger partial charge in [-0.1, -0.05) is 23.7 Å². The highest BCUT2D eigenvalue weighted by atomic mass is 35.5. The van der Waals surface area contributed by atoms with Crippen molar-refractivity contribution in [1.29, 1.82) is 0 Å². The monoisotopic (exact) mass is 352 g/mol. The van der Waals surface area contributed by atoms with E-state index < -0.39 is 5.79 Å². The van der Waals surface area contributed by atoms with Crippen molar-refractivity contribution >= 4 is 23.4 Å². The van der Waals surface area contributed by atoms with Gasteiger partial charge in [0.2, 0.25) is 0 Å². The van der Waals surface area contributed by atoms with Crippen LogP contribution in [0.3, 0.4) is 0 Å². The maximum Gasteiger partial charge on any atom is 0.163 e. The summed E-state index contributed by atoms with van der Waals surface area (Å²) >= 11 is 7.99. The molecule has 0 bridgehead atoms. The van der Waals surface area contributed by atoms with E-state index in [0.29, 0.717) is 5.37 Å². The molecule has 1 aromatic rings. The van der Waals surface area contributed by atoms with Crippen LogP contribution in [0.5, 0.6) is 0 Å². The number of halogens is 1. The van der Waals surface area contributed by atoms with Crippen LogP contribution in [-0.4, -0.2) is 45.6 Å². The van der Waals surface area contributed by atoms with E-state index in [1.807, 2.05) is 43.8 Å². The number of hydrogen-bond donors (Lipinski definition) is 0. The highest BCUT2D eigenvalue weighted by Gasteiger charge is 2.51. The summed E-state index contributed by atoms with van der Waals surface area (Å²) in [6.07, 6.45) is 4.66. The average molecular weight is 353 g/mol. The lowest BCUT2D eigenvalue weighted by Crippen LogP contribution is -2.40. The predicted molar refractivity (Wildman–Crippen MR) is 92.9 cm³/mol. The molecule has 0 spiro atoms. The Kier molecular flexibility index (Phi) is 4.00. The minimum absolute atomic E-state index is 0.144. The summed E-state index contributed by atoms with van der Waals surface area (Å²) in [5, 5.41) is 1.11. The summed E-state index contributed by atoms with van der Waals surface area (Å²) < 4.78 is 12.1. The van der Waals surface area contributed by atoms with Crippen LogP contribution in [0.2, 0.25) is 5.02 Å². The van der Waals surface area contributed by atoms with E-state index in [4.69, 9.17) is 21.1 Å². The molecular formula is C17H21ClN2O2S. The molecule has 3 atom stereocenters. The maximum absolute atomic E-state index is 6.11. The molecule has 0 aliphatic carbocycles. The van der Waals surface area contributed by atoms with E-state index in [1.165, 1.54) is 5.56 Å². The van der Waals surface area contributed by atoms with Gasteiger partial charge in [-0.05, 0) is 31.5 Å². The standard InChI is InChI=1S/C17H21ClN2O2S/c1-17(2)21-14-10-23-16(15(14)22-17)20-7-6-19(11-20)9-12-4-3-5-13(18)8-12/h3-8,14-16H,9-11H2,1-2H3/t14-,15-,16+/m1/s1. The Hall–Kier alpha value is -0.880. The molecule has 0 aromatic heterocycles. The van der Waals surface area contributed by atoms with Gasteiger partial charge in [0.25, 0.3) is 0 Å². The summed E-state index contributed by atoms with van der Waals surface area (Å²) in [5.41, 5.74) is 1.22. The second-order valence-corrected chi connectivity index (χ2v) is 8.28. The van der Waals surface area contributed by atoms with E-state index in [-0.39, 0.29) is 12.2 Å². The van der Waals surface area contributed by atoms with Crippen molar-refractivity contribution in [1.82, 2.24) is 9.80 Å². The number of thioether (sulfide) groups is 1. The smallest absolute Gasteiger partial charge is 0.163 e. The molecule has 23 heavy (non-hydrogen) atoms. The summed E-state index contributed by atoms with van der Waals surface area (Å²) in [4.78, 5) is 4.64. The first-order valence-corrected chi connectivity index (χ1v) is 9.33. The largest absolute Gasteiger partial charge is 0.354 e. The van der Waals surface area contributed by atoms with E-state index >= 15 is 0 Å². The summed E-state index contributed by atoms with van der Waals surface area (Å²) in [6, 6.07) is 8.04. The molecule has 124 valence electrons. The second kappa shape index (κ2) is 5.88. The zero-order valence-electron chi connectivity index (χ0n) is 13.3. The molecule has 4 rings (SSSR count). The van der Waals surface area contributed by atoms with Gasteiger partial charge in [-0.2, -0.15) is 0 Å². The molecule has 4 nitrogen and oxygen atoms in total. The van der Waals surface area contributed by atoms with Crippen molar-refractivity contribution in [2.45, 2.75) is 43.8 Å². The molecule has 0 N–H and O–H groups in total. The van der Waals surface area contributed by atoms with E-state index in [1.54, 1.807) is 0 Å². The lowest BCUT2D eigenvalue weighted by atomic mass is 10.2. The first kappa shape index (κ1) is 15.6. The minimum Gasteiger partial charge on any atom is -0.354 e. The molecular weight excluding hydrogens is 332 g/mol. The number of fused-ring (bicyclic) bond motifs is 1. The molecule has 2 fully saturated rings. The van der Waals surface area contributed by atoms with Crippen LogP contribution in [-0.2, 0) is 16.0 Å². The summed E-state index contributed by atoms with van der Waals surface area (Å²) in [7, 11) is 0. The van der Waals surface area contributed by atoms with Crippen LogP contribution in [0.4, 0.5) is 0 Å². The van der Waals surface area contributed by atoms with E-state index in [0.717, 1.165) is 24.0 Å². The van der Waals surface area contributed by atoms with Gasteiger partial charge in [-0.3, -0.25) is 0 Å². The number of rotatable bonds is 3. The second-order valence-electron chi connectivity index (χ2n) is 6.69. The van der Waals surface area contributed by atoms with Crippen LogP contribution in [0.1, 0.15) is 19.4 Å². The van der Waals surface area contributed by atoms with Gasteiger partial charge in [0.05, 0.1) is 12.8 Å². The third-order valence-corrected chi connectivity index (χ3v) is 5.99. The zero-order valence-corrected chi connectivity index (χ0v) is 14.9. The number of benzene rings is 1. The van der Waals surface area contributed by atoms with Crippen molar-refractivity contribution in [2.75, 3.05) is 12.4 Å². The van der Waals surface area contributed by atoms with Gasteiger partial charge in [0.1, 0.15) is 11.5 Å². The van der Waals surface area contributed by atoms with Gasteiger partial charge in [0.15, 0.2) is 5.79 Å². The molecule has 3 aliphatic rings. The molecule has 0 radical (unpaired) electrons. The fourth-order valence-electron chi connectivity index (χ4n) is 3.43. The number of ether oxygens (including phenoxy) is 2. The lowest BCUT2D eigenvalue weighted by Gasteiger charge is -2.30. The minimum atomic E-state index is -0.460. The van der Waals surface area contributed by atoms with Crippen LogP contribution >= 0.6 is 23.4 Å². The van der Waals surface area contributed by atoms with Crippen molar-refractivity contribution in [3.63, 3.8) is 0 Å². The van der Waals surface area contributed by atoms with Crippen LogP contribution in [0, 0.1) is 0 Å². The molecule has 6 heteroatoms. The van der Waals surface area contributed by atoms with Crippen molar-refractivity contribution in [2.24, 2.45) is 0 Å². The number of hydrogen-bond acceptors (Lipinski definition) is 5. The number of nitrogens with zero attached hydrogens (tertiary/aromatic N) is 2. The zero-order chi connectivity index (χ0) is 16.0. The Bertz CT molecular complexity index is 624. The van der Waals surface area contributed by atoms with Crippen LogP contribution < -0.4 is 0 Å².